The summed E-state index contributed by atoms with van der Waals surface area (Å²) in [6.45, 7) is 4.67. The van der Waals surface area contributed by atoms with Gasteiger partial charge < -0.3 is 20.1 Å². The van der Waals surface area contributed by atoms with Crippen molar-refractivity contribution in [2.75, 3.05) is 24.9 Å². The predicted molar refractivity (Wildman–Crippen MR) is 185 cm³/mol. The molecule has 0 atom stereocenters. The molecule has 0 saturated heterocycles. The number of carbonyl (C=O) groups excluding carboxylic acids is 1. The Hall–Kier alpha value is -5.12. The summed E-state index contributed by atoms with van der Waals surface area (Å²) in [7, 11) is 5.33. The molecule has 2 heterocycles. The van der Waals surface area contributed by atoms with Gasteiger partial charge in [-0.25, -0.2) is 9.97 Å². The van der Waals surface area contributed by atoms with E-state index in [1.807, 2.05) is 61.2 Å². The second-order valence-corrected chi connectivity index (χ2v) is 11.5. The minimum Gasteiger partial charge on any atom is -0.497 e. The lowest BCUT2D eigenvalue weighted by atomic mass is 9.96. The Labute approximate surface area is 270 Å². The van der Waals surface area contributed by atoms with Crippen LogP contribution in [0.3, 0.4) is 0 Å². The molecule has 1 amide bonds. The first kappa shape index (κ1) is 30.9. The summed E-state index contributed by atoms with van der Waals surface area (Å²) in [4.78, 5) is 23.9. The molecular weight excluding hydrogens is 575 g/mol. The van der Waals surface area contributed by atoms with Gasteiger partial charge in [-0.15, -0.1) is 0 Å². The van der Waals surface area contributed by atoms with Crippen molar-refractivity contribution in [1.82, 2.24) is 19.7 Å². The third kappa shape index (κ3) is 6.20. The zero-order chi connectivity index (χ0) is 32.2. The van der Waals surface area contributed by atoms with E-state index in [9.17, 15) is 4.79 Å². The summed E-state index contributed by atoms with van der Waals surface area (Å²) in [6, 6.07) is 20.1. The number of methoxy groups -OCH3 is 2. The van der Waals surface area contributed by atoms with Crippen molar-refractivity contribution in [2.45, 2.75) is 52.5 Å². The molecule has 5 aromatic rings. The quantitative estimate of drug-likeness (QED) is 0.207. The van der Waals surface area contributed by atoms with Crippen LogP contribution in [0.1, 0.15) is 58.6 Å². The molecule has 6 rings (SSSR count). The fourth-order valence-corrected chi connectivity index (χ4v) is 6.11. The number of ether oxygens (including phenoxy) is 2. The molecule has 9 nitrogen and oxygen atoms in total. The number of hydrogen-bond acceptors (Lipinski definition) is 7. The van der Waals surface area contributed by atoms with Crippen LogP contribution in [0.5, 0.6) is 11.5 Å². The summed E-state index contributed by atoms with van der Waals surface area (Å²) < 4.78 is 12.9. The number of anilines is 3. The van der Waals surface area contributed by atoms with Crippen LogP contribution in [0, 0.1) is 0 Å². The third-order valence-corrected chi connectivity index (χ3v) is 8.56. The number of nitrogens with zero attached hydrogens (tertiary/aromatic N) is 4. The Balaban J connectivity index is 1.46. The third-order valence-electron chi connectivity index (χ3n) is 8.56. The number of benzene rings is 3. The van der Waals surface area contributed by atoms with Crippen LogP contribution >= 0.6 is 0 Å². The first-order chi connectivity index (χ1) is 22.4. The summed E-state index contributed by atoms with van der Waals surface area (Å²) in [5, 5.41) is 11.6. The van der Waals surface area contributed by atoms with Gasteiger partial charge in [-0.3, -0.25) is 9.48 Å². The Morgan fingerprint density at radius 1 is 0.978 bits per heavy atom. The van der Waals surface area contributed by atoms with Crippen LogP contribution in [0.15, 0.2) is 66.9 Å². The molecule has 2 aromatic heterocycles. The Kier molecular flexibility index (Phi) is 9.05. The molecule has 0 bridgehead atoms. The highest BCUT2D eigenvalue weighted by atomic mass is 16.5. The molecule has 0 fully saturated rings. The Morgan fingerprint density at radius 2 is 1.74 bits per heavy atom. The van der Waals surface area contributed by atoms with E-state index in [4.69, 9.17) is 19.6 Å². The van der Waals surface area contributed by atoms with Crippen molar-refractivity contribution < 1.29 is 14.3 Å². The van der Waals surface area contributed by atoms with E-state index in [1.54, 1.807) is 14.2 Å². The second kappa shape index (κ2) is 13.5. The van der Waals surface area contributed by atoms with E-state index in [2.05, 4.69) is 47.7 Å². The molecule has 1 aliphatic carbocycles. The maximum atomic E-state index is 14.1. The minimum absolute atomic E-state index is 0.208. The van der Waals surface area contributed by atoms with Crippen molar-refractivity contribution in [3.05, 3.63) is 100 Å². The normalized spacial score (nSPS) is 12.1. The zero-order valence-electron chi connectivity index (χ0n) is 27.1. The van der Waals surface area contributed by atoms with E-state index in [-0.39, 0.29) is 5.91 Å². The first-order valence-electron chi connectivity index (χ1n) is 15.8. The summed E-state index contributed by atoms with van der Waals surface area (Å²) in [6.07, 6.45) is 5.86. The number of fused-ring (bicyclic) bond motifs is 3. The van der Waals surface area contributed by atoms with Gasteiger partial charge in [0.1, 0.15) is 19.3 Å². The lowest BCUT2D eigenvalue weighted by Crippen LogP contribution is -2.17. The van der Waals surface area contributed by atoms with Crippen molar-refractivity contribution in [1.29, 1.82) is 0 Å². The number of nitrogens with one attached hydrogen (secondary N) is 2. The van der Waals surface area contributed by atoms with Crippen molar-refractivity contribution in [3.63, 3.8) is 0 Å². The minimum atomic E-state index is -0.208. The summed E-state index contributed by atoms with van der Waals surface area (Å²) >= 11 is 0. The average Bonchev–Trinajstić information content (AvgIpc) is 3.32. The molecule has 46 heavy (non-hydrogen) atoms. The summed E-state index contributed by atoms with van der Waals surface area (Å²) in [5.41, 5.74) is 9.96. The topological polar surface area (TPSA) is 103 Å². The van der Waals surface area contributed by atoms with Crippen LogP contribution in [0.25, 0.3) is 11.4 Å². The number of aryl methyl sites for hydroxylation is 3. The fourth-order valence-electron chi connectivity index (χ4n) is 6.11. The summed E-state index contributed by atoms with van der Waals surface area (Å²) in [5.74, 6) is 1.73. The van der Waals surface area contributed by atoms with E-state index in [1.165, 1.54) is 0 Å². The van der Waals surface area contributed by atoms with E-state index >= 15 is 0 Å². The lowest BCUT2D eigenvalue weighted by Gasteiger charge is -2.14. The van der Waals surface area contributed by atoms with Crippen molar-refractivity contribution >= 4 is 36.5 Å². The van der Waals surface area contributed by atoms with Crippen LogP contribution in [0.2, 0.25) is 0 Å². The molecule has 234 valence electrons. The molecule has 0 unspecified atom stereocenters. The lowest BCUT2D eigenvalue weighted by molar-refractivity contribution is 0.102. The monoisotopic (exact) mass is 614 g/mol. The number of carbonyl (C=O) groups is 1. The van der Waals surface area contributed by atoms with Crippen LogP contribution in [-0.2, 0) is 32.2 Å². The van der Waals surface area contributed by atoms with Gasteiger partial charge >= 0.3 is 0 Å². The van der Waals surface area contributed by atoms with Gasteiger partial charge in [-0.05, 0) is 78.6 Å². The molecule has 1 aliphatic rings. The SMILES string of the molecule is Bc1ccc(Nc2ncc3c(n2)-c2c(c(C(=O)Nc4c(CC)cccc4CC)nn2Cc2ccc(OC)cc2)CCC3)c(OC)c1. The standard InChI is InChI=1S/C36H39BN6O3/c1-5-23-9-7-10-24(6-2)31(23)40-35(44)33-28-12-8-11-25-20-38-36(39-29-18-15-26(37)19-30(29)46-4)41-32(25)34(28)43(42-33)21-22-13-16-27(45-3)17-14-22/h7,9-10,13-20H,5-6,8,11-12,21,37H2,1-4H3,(H,40,44)(H,38,39,41). The molecule has 10 heteroatoms. The van der Waals surface area contributed by atoms with Gasteiger partial charge in [0, 0.05) is 17.4 Å². The van der Waals surface area contributed by atoms with Crippen LogP contribution < -0.4 is 25.6 Å². The first-order valence-corrected chi connectivity index (χ1v) is 15.8. The molecule has 2 N–H and O–H groups in total. The number of rotatable bonds is 10. The predicted octanol–water partition coefficient (Wildman–Crippen LogP) is 5.27. The van der Waals surface area contributed by atoms with E-state index < -0.39 is 0 Å². The van der Waals surface area contributed by atoms with Crippen LogP contribution in [0.4, 0.5) is 17.3 Å². The van der Waals surface area contributed by atoms with Crippen molar-refractivity contribution in [2.24, 2.45) is 0 Å². The second-order valence-electron chi connectivity index (χ2n) is 11.5. The maximum absolute atomic E-state index is 14.1. The molecule has 0 aliphatic heterocycles. The Bertz CT molecular complexity index is 1860. The molecule has 0 spiro atoms. The van der Waals surface area contributed by atoms with Gasteiger partial charge in [0.25, 0.3) is 5.91 Å². The number of hydrogen-bond donors (Lipinski definition) is 2. The van der Waals surface area contributed by atoms with Crippen LogP contribution in [-0.4, -0.2) is 47.7 Å². The van der Waals surface area contributed by atoms with Gasteiger partial charge in [0.2, 0.25) is 5.95 Å². The molecule has 3 aromatic carbocycles. The fraction of sp³-hybridized carbons (Fsp3) is 0.278. The van der Waals surface area contributed by atoms with Crippen molar-refractivity contribution in [3.8, 4) is 22.9 Å². The maximum Gasteiger partial charge on any atom is 0.276 e. The largest absolute Gasteiger partial charge is 0.497 e. The van der Waals surface area contributed by atoms with Gasteiger partial charge in [0.15, 0.2) is 5.69 Å². The van der Waals surface area contributed by atoms with E-state index in [0.717, 1.165) is 87.5 Å². The van der Waals surface area contributed by atoms with Gasteiger partial charge in [0.05, 0.1) is 37.8 Å². The molecular formula is C36H39BN6O3. The highest BCUT2D eigenvalue weighted by Gasteiger charge is 2.29. The highest BCUT2D eigenvalue weighted by Crippen LogP contribution is 2.36. The molecule has 0 saturated carbocycles. The molecule has 0 radical (unpaired) electrons. The smallest absolute Gasteiger partial charge is 0.276 e. The number of aromatic nitrogens is 4. The average molecular weight is 615 g/mol. The van der Waals surface area contributed by atoms with Gasteiger partial charge in [-0.2, -0.15) is 5.10 Å². The highest BCUT2D eigenvalue weighted by molar-refractivity contribution is 6.32. The number of amides is 1. The van der Waals surface area contributed by atoms with E-state index in [0.29, 0.717) is 30.4 Å². The number of para-hydroxylation sites is 1. The Morgan fingerprint density at radius 3 is 2.43 bits per heavy atom. The zero-order valence-corrected chi connectivity index (χ0v) is 27.1. The van der Waals surface area contributed by atoms with Gasteiger partial charge in [-0.1, -0.05) is 55.7 Å².